The maximum Gasteiger partial charge on any atom is 0.408 e. The highest BCUT2D eigenvalue weighted by atomic mass is 16.6. The molecule has 8 nitrogen and oxygen atoms in total. The van der Waals surface area contributed by atoms with Crippen molar-refractivity contribution in [3.05, 3.63) is 71.8 Å². The van der Waals surface area contributed by atoms with E-state index in [2.05, 4.69) is 39.8 Å². The van der Waals surface area contributed by atoms with Gasteiger partial charge in [0.1, 0.15) is 17.7 Å². The third-order valence-electron chi connectivity index (χ3n) is 8.00. The molecule has 4 atom stereocenters. The van der Waals surface area contributed by atoms with Gasteiger partial charge in [-0.1, -0.05) is 74.5 Å². The van der Waals surface area contributed by atoms with Crippen LogP contribution in [0, 0.1) is 11.8 Å². The summed E-state index contributed by atoms with van der Waals surface area (Å²) in [6.45, 7) is 12.7. The quantitative estimate of drug-likeness (QED) is 0.473. The van der Waals surface area contributed by atoms with Crippen LogP contribution in [0.3, 0.4) is 0 Å². The van der Waals surface area contributed by atoms with E-state index < -0.39 is 29.7 Å². The van der Waals surface area contributed by atoms with Gasteiger partial charge in [0.05, 0.1) is 0 Å². The molecule has 0 aromatic heterocycles. The Morgan fingerprint density at radius 3 is 2.12 bits per heavy atom. The molecule has 0 aliphatic carbocycles. The van der Waals surface area contributed by atoms with Gasteiger partial charge in [0.15, 0.2) is 0 Å². The van der Waals surface area contributed by atoms with Crippen LogP contribution in [-0.2, 0) is 27.3 Å². The van der Waals surface area contributed by atoms with Gasteiger partial charge in [0.25, 0.3) is 0 Å². The number of piperidine rings is 1. The summed E-state index contributed by atoms with van der Waals surface area (Å²) < 4.78 is 5.44. The number of carbonyl (C=O) groups excluding carboxylic acids is 3. The fourth-order valence-electron chi connectivity index (χ4n) is 5.92. The smallest absolute Gasteiger partial charge is 0.408 e. The second-order valence-electron chi connectivity index (χ2n) is 12.8. The Labute approximate surface area is 244 Å². The highest BCUT2D eigenvalue weighted by molar-refractivity contribution is 5.92. The number of nitrogens with zero attached hydrogens (tertiary/aromatic N) is 2. The average Bonchev–Trinajstić information content (AvgIpc) is 3.34. The van der Waals surface area contributed by atoms with E-state index in [1.807, 2.05) is 55.1 Å². The molecule has 2 unspecified atom stereocenters. The lowest BCUT2D eigenvalue weighted by atomic mass is 9.91. The summed E-state index contributed by atoms with van der Waals surface area (Å²) in [6, 6.07) is 18.5. The molecule has 4 rings (SSSR count). The molecular weight excluding hydrogens is 516 g/mol. The largest absolute Gasteiger partial charge is 0.444 e. The second-order valence-corrected chi connectivity index (χ2v) is 12.8. The Hall–Kier alpha value is -3.39. The molecule has 2 saturated heterocycles. The molecule has 2 heterocycles. The second kappa shape index (κ2) is 13.5. The summed E-state index contributed by atoms with van der Waals surface area (Å²) >= 11 is 0. The van der Waals surface area contributed by atoms with Crippen LogP contribution in [-0.4, -0.2) is 71.1 Å². The molecule has 0 spiro atoms. The van der Waals surface area contributed by atoms with Gasteiger partial charge >= 0.3 is 6.09 Å². The number of nitrogens with one attached hydrogen (secondary N) is 2. The molecule has 2 aromatic carbocycles. The molecule has 0 bridgehead atoms. The molecule has 8 heteroatoms. The molecule has 2 N–H and O–H groups in total. The fourth-order valence-corrected chi connectivity index (χ4v) is 5.92. The van der Waals surface area contributed by atoms with E-state index in [0.29, 0.717) is 12.5 Å². The van der Waals surface area contributed by atoms with Gasteiger partial charge in [-0.05, 0) is 63.1 Å². The zero-order valence-corrected chi connectivity index (χ0v) is 25.1. The first-order chi connectivity index (χ1) is 19.5. The Morgan fingerprint density at radius 1 is 0.902 bits per heavy atom. The molecule has 2 aromatic rings. The highest BCUT2D eigenvalue weighted by Gasteiger charge is 2.43. The van der Waals surface area contributed by atoms with Crippen molar-refractivity contribution in [1.29, 1.82) is 0 Å². The van der Waals surface area contributed by atoms with E-state index in [-0.39, 0.29) is 24.3 Å². The highest BCUT2D eigenvalue weighted by Crippen LogP contribution is 2.33. The minimum atomic E-state index is -0.885. The van der Waals surface area contributed by atoms with Gasteiger partial charge in [-0.2, -0.15) is 0 Å². The van der Waals surface area contributed by atoms with E-state index in [4.69, 9.17) is 4.74 Å². The Morgan fingerprint density at radius 2 is 1.51 bits per heavy atom. The minimum Gasteiger partial charge on any atom is -0.444 e. The zero-order chi connectivity index (χ0) is 29.6. The van der Waals surface area contributed by atoms with Gasteiger partial charge in [-0.25, -0.2) is 4.79 Å². The van der Waals surface area contributed by atoms with Crippen LogP contribution in [0.4, 0.5) is 4.79 Å². The summed E-state index contributed by atoms with van der Waals surface area (Å²) in [5, 5.41) is 5.76. The normalized spacial score (nSPS) is 20.7. The molecule has 2 aliphatic rings. The first kappa shape index (κ1) is 30.6. The molecular formula is C33H46N4O4. The van der Waals surface area contributed by atoms with Crippen molar-refractivity contribution in [2.75, 3.05) is 19.6 Å². The zero-order valence-electron chi connectivity index (χ0n) is 25.1. The lowest BCUT2D eigenvalue weighted by Crippen LogP contribution is -2.59. The van der Waals surface area contributed by atoms with Gasteiger partial charge in [-0.3, -0.25) is 14.5 Å². The number of hydrogen-bond donors (Lipinski definition) is 2. The number of hydrogen-bond acceptors (Lipinski definition) is 5. The van der Waals surface area contributed by atoms with Crippen molar-refractivity contribution in [3.63, 3.8) is 0 Å². The fraction of sp³-hybridized carbons (Fsp3) is 0.545. The van der Waals surface area contributed by atoms with Crippen LogP contribution < -0.4 is 10.6 Å². The SMILES string of the molecule is CC(C)[C@H](NC(=O)[C@H](Cc1ccccc1)NC(=O)OC(C)(C)C)C(=O)N1CCC2CCN(Cc3ccccc3)CC21. The van der Waals surface area contributed by atoms with Crippen LogP contribution >= 0.6 is 0 Å². The standard InChI is InChI=1S/C33H46N4O4/c1-23(2)29(35-30(38)27(20-24-12-8-6-9-13-24)34-32(40)41-33(3,4)5)31(39)37-19-17-26-16-18-36(22-28(26)37)21-25-14-10-7-11-15-25/h6-15,23,26-29H,16-22H2,1-5H3,(H,34,40)(H,35,38)/t26?,27-,28?,29-/m0/s1. The van der Waals surface area contributed by atoms with E-state index in [9.17, 15) is 14.4 Å². The van der Waals surface area contributed by atoms with Gasteiger partial charge in [-0.15, -0.1) is 0 Å². The number of ether oxygens (including phenoxy) is 1. The first-order valence-corrected chi connectivity index (χ1v) is 14.9. The molecule has 0 radical (unpaired) electrons. The minimum absolute atomic E-state index is 0.0434. The molecule has 222 valence electrons. The monoisotopic (exact) mass is 562 g/mol. The van der Waals surface area contributed by atoms with Crippen molar-refractivity contribution in [1.82, 2.24) is 20.4 Å². The lowest BCUT2D eigenvalue weighted by Gasteiger charge is -2.40. The molecule has 2 aliphatic heterocycles. The van der Waals surface area contributed by atoms with Crippen LogP contribution in [0.15, 0.2) is 60.7 Å². The molecule has 3 amide bonds. The molecule has 0 saturated carbocycles. The Kier molecular flexibility index (Phi) is 10.1. The first-order valence-electron chi connectivity index (χ1n) is 14.9. The number of amides is 3. The van der Waals surface area contributed by atoms with E-state index >= 15 is 0 Å². The molecule has 2 fully saturated rings. The predicted molar refractivity (Wildman–Crippen MR) is 160 cm³/mol. The summed E-state index contributed by atoms with van der Waals surface area (Å²) in [5.74, 6) is -0.0717. The average molecular weight is 563 g/mol. The van der Waals surface area contributed by atoms with Gasteiger partial charge in [0.2, 0.25) is 11.8 Å². The van der Waals surface area contributed by atoms with Crippen LogP contribution in [0.25, 0.3) is 0 Å². The summed E-state index contributed by atoms with van der Waals surface area (Å²) in [4.78, 5) is 44.8. The predicted octanol–water partition coefficient (Wildman–Crippen LogP) is 4.39. The molecule has 41 heavy (non-hydrogen) atoms. The van der Waals surface area contributed by atoms with Crippen molar-refractivity contribution in [2.24, 2.45) is 11.8 Å². The Balaban J connectivity index is 1.45. The topological polar surface area (TPSA) is 91.0 Å². The van der Waals surface area contributed by atoms with Crippen molar-refractivity contribution < 1.29 is 19.1 Å². The number of alkyl carbamates (subject to hydrolysis) is 1. The number of benzene rings is 2. The van der Waals surface area contributed by atoms with E-state index in [1.54, 1.807) is 20.8 Å². The number of carbonyl (C=O) groups is 3. The number of likely N-dealkylation sites (tertiary alicyclic amines) is 2. The number of fused-ring (bicyclic) bond motifs is 1. The van der Waals surface area contributed by atoms with E-state index in [0.717, 1.165) is 38.0 Å². The summed E-state index contributed by atoms with van der Waals surface area (Å²) in [7, 11) is 0. The van der Waals surface area contributed by atoms with Crippen molar-refractivity contribution in [2.45, 2.75) is 84.2 Å². The summed E-state index contributed by atoms with van der Waals surface area (Å²) in [6.07, 6.45) is 1.68. The Bertz CT molecular complexity index is 1160. The van der Waals surface area contributed by atoms with E-state index in [1.165, 1.54) is 5.56 Å². The van der Waals surface area contributed by atoms with Gasteiger partial charge < -0.3 is 20.3 Å². The lowest BCUT2D eigenvalue weighted by molar-refractivity contribution is -0.139. The van der Waals surface area contributed by atoms with Crippen LogP contribution in [0.2, 0.25) is 0 Å². The maximum atomic E-state index is 14.0. The maximum absolute atomic E-state index is 14.0. The summed E-state index contributed by atoms with van der Waals surface area (Å²) in [5.41, 5.74) is 1.48. The van der Waals surface area contributed by atoms with Crippen LogP contribution in [0.5, 0.6) is 0 Å². The number of rotatable bonds is 9. The van der Waals surface area contributed by atoms with Crippen LogP contribution in [0.1, 0.15) is 58.6 Å². The van der Waals surface area contributed by atoms with Gasteiger partial charge in [0, 0.05) is 32.1 Å². The van der Waals surface area contributed by atoms with Crippen molar-refractivity contribution >= 4 is 17.9 Å². The third-order valence-corrected chi connectivity index (χ3v) is 8.00. The van der Waals surface area contributed by atoms with Crippen molar-refractivity contribution in [3.8, 4) is 0 Å². The third kappa shape index (κ3) is 8.55.